The lowest BCUT2D eigenvalue weighted by molar-refractivity contribution is -0.139. The molecule has 1 aliphatic heterocycles. The Morgan fingerprint density at radius 2 is 2.00 bits per heavy atom. The lowest BCUT2D eigenvalue weighted by Crippen LogP contribution is -2.40. The van der Waals surface area contributed by atoms with Crippen molar-refractivity contribution in [2.75, 3.05) is 19.7 Å². The van der Waals surface area contributed by atoms with Crippen LogP contribution in [0.15, 0.2) is 24.5 Å². The third kappa shape index (κ3) is 4.83. The Kier molecular flexibility index (Phi) is 6.04. The lowest BCUT2D eigenvalue weighted by Gasteiger charge is -2.31. The van der Waals surface area contributed by atoms with Gasteiger partial charge in [-0.1, -0.05) is 0 Å². The molecule has 1 amide bonds. The zero-order chi connectivity index (χ0) is 21.2. The number of aromatic nitrogens is 3. The molecule has 0 bridgehead atoms. The van der Waals surface area contributed by atoms with Crippen LogP contribution in [0.1, 0.15) is 40.9 Å². The number of hydrogen-bond donors (Lipinski definition) is 0. The van der Waals surface area contributed by atoms with E-state index in [0.29, 0.717) is 25.9 Å². The van der Waals surface area contributed by atoms with E-state index in [9.17, 15) is 26.7 Å². The van der Waals surface area contributed by atoms with Crippen molar-refractivity contribution in [1.82, 2.24) is 19.7 Å². The van der Waals surface area contributed by atoms with Gasteiger partial charge in [0.15, 0.2) is 0 Å². The minimum atomic E-state index is -4.56. The number of halogens is 5. The summed E-state index contributed by atoms with van der Waals surface area (Å²) in [4.78, 5) is 17.7. The molecule has 0 N–H and O–H groups in total. The Hall–Kier alpha value is -2.72. The van der Waals surface area contributed by atoms with Crippen LogP contribution in [0.2, 0.25) is 0 Å². The third-order valence-electron chi connectivity index (χ3n) is 4.73. The second-order valence-corrected chi connectivity index (χ2v) is 6.80. The first-order valence-electron chi connectivity index (χ1n) is 8.92. The van der Waals surface area contributed by atoms with Crippen molar-refractivity contribution < 1.29 is 31.5 Å². The summed E-state index contributed by atoms with van der Waals surface area (Å²) in [6, 6.07) is 2.09. The normalized spacial score (nSPS) is 15.8. The number of carbonyl (C=O) groups is 1. The van der Waals surface area contributed by atoms with Gasteiger partial charge in [0.1, 0.15) is 11.3 Å². The topological polar surface area (TPSA) is 60.2 Å². The van der Waals surface area contributed by atoms with E-state index in [0.717, 1.165) is 6.07 Å². The zero-order valence-corrected chi connectivity index (χ0v) is 15.5. The number of likely N-dealkylation sites (tertiary alicyclic amines) is 1. The fourth-order valence-corrected chi connectivity index (χ4v) is 3.22. The van der Waals surface area contributed by atoms with Crippen LogP contribution >= 0.6 is 0 Å². The van der Waals surface area contributed by atoms with Crippen molar-refractivity contribution in [1.29, 1.82) is 0 Å². The van der Waals surface area contributed by atoms with Gasteiger partial charge < -0.3 is 9.64 Å². The van der Waals surface area contributed by atoms with E-state index in [-0.39, 0.29) is 18.1 Å². The van der Waals surface area contributed by atoms with Gasteiger partial charge >= 0.3 is 6.18 Å². The zero-order valence-electron chi connectivity index (χ0n) is 15.5. The van der Waals surface area contributed by atoms with Crippen LogP contribution in [0.4, 0.5) is 22.0 Å². The highest BCUT2D eigenvalue weighted by atomic mass is 19.4. The molecule has 158 valence electrons. The van der Waals surface area contributed by atoms with Gasteiger partial charge in [0, 0.05) is 32.5 Å². The number of ether oxygens (including phenoxy) is 1. The molecule has 6 nitrogen and oxygen atoms in total. The van der Waals surface area contributed by atoms with Crippen molar-refractivity contribution in [3.05, 3.63) is 41.3 Å². The van der Waals surface area contributed by atoms with Gasteiger partial charge in [0.25, 0.3) is 12.3 Å². The molecule has 0 unspecified atom stereocenters. The fourth-order valence-electron chi connectivity index (χ4n) is 3.22. The van der Waals surface area contributed by atoms with Crippen molar-refractivity contribution >= 4 is 5.91 Å². The van der Waals surface area contributed by atoms with Crippen molar-refractivity contribution in [2.24, 2.45) is 13.0 Å². The maximum Gasteiger partial charge on any atom is 0.421 e. The minimum Gasteiger partial charge on any atom is -0.477 e. The summed E-state index contributed by atoms with van der Waals surface area (Å²) < 4.78 is 71.5. The standard InChI is InChI=1S/C18H19F5N4O2/c1-26-9-12(14(25-26)15(19)20)17(28)27-7-4-11(5-8-27)10-29-16-13(18(21,22)23)3-2-6-24-16/h2-3,6,9,11,15H,4-5,7-8,10H2,1H3. The minimum absolute atomic E-state index is 0.0251. The number of amides is 1. The Bertz CT molecular complexity index is 860. The number of hydrogen-bond acceptors (Lipinski definition) is 4. The monoisotopic (exact) mass is 418 g/mol. The molecule has 2 aromatic heterocycles. The van der Waals surface area contributed by atoms with E-state index in [2.05, 4.69) is 10.1 Å². The van der Waals surface area contributed by atoms with Crippen molar-refractivity contribution in [3.63, 3.8) is 0 Å². The highest BCUT2D eigenvalue weighted by molar-refractivity contribution is 5.95. The van der Waals surface area contributed by atoms with Gasteiger partial charge in [-0.2, -0.15) is 18.3 Å². The summed E-state index contributed by atoms with van der Waals surface area (Å²) in [5.74, 6) is -1.09. The van der Waals surface area contributed by atoms with E-state index >= 15 is 0 Å². The van der Waals surface area contributed by atoms with Crippen molar-refractivity contribution in [3.8, 4) is 5.88 Å². The molecule has 0 aromatic carbocycles. The molecule has 1 fully saturated rings. The average molecular weight is 418 g/mol. The van der Waals surface area contributed by atoms with Gasteiger partial charge in [-0.25, -0.2) is 13.8 Å². The largest absolute Gasteiger partial charge is 0.477 e. The highest BCUT2D eigenvalue weighted by Crippen LogP contribution is 2.35. The molecule has 1 saturated heterocycles. The molecule has 2 aromatic rings. The van der Waals surface area contributed by atoms with Gasteiger partial charge in [0.2, 0.25) is 5.88 Å². The summed E-state index contributed by atoms with van der Waals surface area (Å²) >= 11 is 0. The Balaban J connectivity index is 1.57. The maximum atomic E-state index is 13.1. The number of carbonyl (C=O) groups excluding carboxylic acids is 1. The smallest absolute Gasteiger partial charge is 0.421 e. The average Bonchev–Trinajstić information content (AvgIpc) is 3.08. The number of alkyl halides is 5. The van der Waals surface area contributed by atoms with Crippen LogP contribution in [0.3, 0.4) is 0 Å². The van der Waals surface area contributed by atoms with E-state index in [1.165, 1.54) is 35.1 Å². The van der Waals surface area contributed by atoms with Crippen LogP contribution in [0, 0.1) is 5.92 Å². The number of rotatable bonds is 5. The number of piperidine rings is 1. The summed E-state index contributed by atoms with van der Waals surface area (Å²) in [5, 5.41) is 3.63. The molecule has 0 saturated carbocycles. The molecule has 29 heavy (non-hydrogen) atoms. The summed E-state index contributed by atoms with van der Waals surface area (Å²) in [6.45, 7) is 0.606. The first kappa shape index (κ1) is 21.0. The van der Waals surface area contributed by atoms with E-state index < -0.39 is 35.6 Å². The van der Waals surface area contributed by atoms with E-state index in [1.807, 2.05) is 0 Å². The van der Waals surface area contributed by atoms with Crippen LogP contribution in [0.25, 0.3) is 0 Å². The predicted molar refractivity (Wildman–Crippen MR) is 91.5 cm³/mol. The van der Waals surface area contributed by atoms with Gasteiger partial charge in [-0.3, -0.25) is 9.48 Å². The summed E-state index contributed by atoms with van der Waals surface area (Å²) in [5.41, 5.74) is -1.64. The highest BCUT2D eigenvalue weighted by Gasteiger charge is 2.35. The molecule has 0 atom stereocenters. The molecule has 11 heteroatoms. The summed E-state index contributed by atoms with van der Waals surface area (Å²) in [7, 11) is 1.46. The van der Waals surface area contributed by atoms with Gasteiger partial charge in [-0.15, -0.1) is 0 Å². The van der Waals surface area contributed by atoms with E-state index in [1.54, 1.807) is 0 Å². The molecule has 0 spiro atoms. The van der Waals surface area contributed by atoms with Crippen LogP contribution in [0.5, 0.6) is 5.88 Å². The van der Waals surface area contributed by atoms with Crippen LogP contribution in [-0.4, -0.2) is 45.3 Å². The lowest BCUT2D eigenvalue weighted by atomic mass is 9.97. The molecule has 0 radical (unpaired) electrons. The quantitative estimate of drug-likeness (QED) is 0.695. The molecular formula is C18H19F5N4O2. The molecule has 0 aliphatic carbocycles. The Morgan fingerprint density at radius 3 is 2.62 bits per heavy atom. The van der Waals surface area contributed by atoms with Gasteiger partial charge in [-0.05, 0) is 30.9 Å². The summed E-state index contributed by atoms with van der Waals surface area (Å²) in [6.07, 6.45) is -3.98. The van der Waals surface area contributed by atoms with Crippen LogP contribution in [-0.2, 0) is 13.2 Å². The first-order chi connectivity index (χ1) is 13.7. The Labute approximate surface area is 163 Å². The number of aryl methyl sites for hydroxylation is 1. The Morgan fingerprint density at radius 1 is 1.31 bits per heavy atom. The van der Waals surface area contributed by atoms with Crippen molar-refractivity contribution in [2.45, 2.75) is 25.4 Å². The molecule has 3 rings (SSSR count). The molecule has 1 aliphatic rings. The predicted octanol–water partition coefficient (Wildman–Crippen LogP) is 3.70. The van der Waals surface area contributed by atoms with Gasteiger partial charge in [0.05, 0.1) is 12.2 Å². The second kappa shape index (κ2) is 8.34. The van der Waals surface area contributed by atoms with E-state index in [4.69, 9.17) is 4.74 Å². The van der Waals surface area contributed by atoms with Crippen LogP contribution < -0.4 is 4.74 Å². The molecular weight excluding hydrogens is 399 g/mol. The number of nitrogens with zero attached hydrogens (tertiary/aromatic N) is 4. The fraction of sp³-hybridized carbons (Fsp3) is 0.500. The number of pyridine rings is 1. The SMILES string of the molecule is Cn1cc(C(=O)N2CCC(COc3ncccc3C(F)(F)F)CC2)c(C(F)F)n1. The maximum absolute atomic E-state index is 13.1. The molecule has 3 heterocycles. The second-order valence-electron chi connectivity index (χ2n) is 6.80. The first-order valence-corrected chi connectivity index (χ1v) is 8.92. The third-order valence-corrected chi connectivity index (χ3v) is 4.73.